The van der Waals surface area contributed by atoms with E-state index in [0.717, 1.165) is 18.1 Å². The molecule has 148 valence electrons. The van der Waals surface area contributed by atoms with Gasteiger partial charge in [-0.2, -0.15) is 0 Å². The van der Waals surface area contributed by atoms with E-state index in [0.29, 0.717) is 5.75 Å². The van der Waals surface area contributed by atoms with Crippen LogP contribution in [0.1, 0.15) is 19.4 Å². The topological polar surface area (TPSA) is 108 Å². The molecule has 0 spiro atoms. The van der Waals surface area contributed by atoms with Crippen molar-refractivity contribution in [3.8, 4) is 5.75 Å². The van der Waals surface area contributed by atoms with Crippen molar-refractivity contribution in [2.45, 2.75) is 26.4 Å². The molecule has 2 rings (SSSR count). The van der Waals surface area contributed by atoms with Crippen LogP contribution in [0.15, 0.2) is 42.5 Å². The largest absolute Gasteiger partial charge is 0.482 e. The van der Waals surface area contributed by atoms with Gasteiger partial charge in [-0.3, -0.25) is 14.9 Å². The molecule has 0 saturated heterocycles. The highest BCUT2D eigenvalue weighted by Gasteiger charge is 2.20. The molecular weight excluding hydrogens is 388 g/mol. The average Bonchev–Trinajstić information content (AvgIpc) is 2.67. The Bertz CT molecular complexity index is 886. The number of anilines is 1. The van der Waals surface area contributed by atoms with Gasteiger partial charge in [-0.15, -0.1) is 0 Å². The summed E-state index contributed by atoms with van der Waals surface area (Å²) in [6.07, 6.45) is -0.401. The number of carbonyl (C=O) groups excluding carboxylic acids is 2. The number of nitro benzene ring substituents is 1. The molecule has 0 aliphatic heterocycles. The third-order valence-electron chi connectivity index (χ3n) is 3.80. The lowest BCUT2D eigenvalue weighted by molar-refractivity contribution is -0.384. The van der Waals surface area contributed by atoms with Crippen molar-refractivity contribution in [2.75, 3.05) is 11.9 Å². The van der Waals surface area contributed by atoms with Gasteiger partial charge in [0, 0.05) is 12.1 Å². The molecule has 0 radical (unpaired) electrons. The standard InChI is InChI=1S/C19H19ClN2O6/c1-3-13-6-4-5-7-17(13)27-11-18(23)28-12(2)19(24)21-16-10-14(22(25)26)8-9-15(16)20/h4-10,12H,3,11H2,1-2H3,(H,21,24). The molecule has 1 atom stereocenters. The predicted molar refractivity (Wildman–Crippen MR) is 104 cm³/mol. The lowest BCUT2D eigenvalue weighted by Gasteiger charge is -2.15. The second-order valence-electron chi connectivity index (χ2n) is 5.79. The maximum Gasteiger partial charge on any atom is 0.344 e. The van der Waals surface area contributed by atoms with Gasteiger partial charge in [-0.25, -0.2) is 4.79 Å². The number of benzene rings is 2. The third kappa shape index (κ3) is 5.68. The van der Waals surface area contributed by atoms with Crippen LogP contribution in [0.3, 0.4) is 0 Å². The Labute approximate surface area is 166 Å². The summed E-state index contributed by atoms with van der Waals surface area (Å²) >= 11 is 5.94. The van der Waals surface area contributed by atoms with Crippen molar-refractivity contribution in [3.05, 3.63) is 63.2 Å². The van der Waals surface area contributed by atoms with Gasteiger partial charge < -0.3 is 14.8 Å². The summed E-state index contributed by atoms with van der Waals surface area (Å²) < 4.78 is 10.5. The lowest BCUT2D eigenvalue weighted by Crippen LogP contribution is -2.31. The first kappa shape index (κ1) is 21.2. The zero-order valence-corrected chi connectivity index (χ0v) is 16.1. The zero-order valence-electron chi connectivity index (χ0n) is 15.3. The number of nitro groups is 1. The number of hydrogen-bond acceptors (Lipinski definition) is 6. The number of hydrogen-bond donors (Lipinski definition) is 1. The van der Waals surface area contributed by atoms with Gasteiger partial charge in [0.15, 0.2) is 12.7 Å². The van der Waals surface area contributed by atoms with Crippen LogP contribution in [0, 0.1) is 10.1 Å². The number of esters is 1. The summed E-state index contributed by atoms with van der Waals surface area (Å²) in [6.45, 7) is 2.98. The Morgan fingerprint density at radius 2 is 1.96 bits per heavy atom. The first-order chi connectivity index (χ1) is 13.3. The van der Waals surface area contributed by atoms with Gasteiger partial charge in [0.2, 0.25) is 0 Å². The van der Waals surface area contributed by atoms with Crippen molar-refractivity contribution < 1.29 is 24.0 Å². The highest BCUT2D eigenvalue weighted by atomic mass is 35.5. The molecule has 0 aliphatic rings. The van der Waals surface area contributed by atoms with E-state index < -0.39 is 22.9 Å². The van der Waals surface area contributed by atoms with Crippen LogP contribution < -0.4 is 10.1 Å². The molecular formula is C19H19ClN2O6. The molecule has 1 N–H and O–H groups in total. The molecule has 8 nitrogen and oxygen atoms in total. The normalized spacial score (nSPS) is 11.4. The number of nitrogens with one attached hydrogen (secondary N) is 1. The molecule has 2 aromatic carbocycles. The smallest absolute Gasteiger partial charge is 0.344 e. The highest BCUT2D eigenvalue weighted by molar-refractivity contribution is 6.33. The number of non-ortho nitro benzene ring substituents is 1. The molecule has 0 aliphatic carbocycles. The molecule has 2 aromatic rings. The third-order valence-corrected chi connectivity index (χ3v) is 4.12. The van der Waals surface area contributed by atoms with Gasteiger partial charge in [-0.1, -0.05) is 36.7 Å². The van der Waals surface area contributed by atoms with Crippen molar-refractivity contribution >= 4 is 34.9 Å². The van der Waals surface area contributed by atoms with Crippen molar-refractivity contribution in [2.24, 2.45) is 0 Å². The van der Waals surface area contributed by atoms with E-state index in [-0.39, 0.29) is 23.0 Å². The van der Waals surface area contributed by atoms with Crippen LogP contribution in [0.2, 0.25) is 5.02 Å². The van der Waals surface area contributed by atoms with Crippen molar-refractivity contribution in [1.29, 1.82) is 0 Å². The van der Waals surface area contributed by atoms with E-state index >= 15 is 0 Å². The predicted octanol–water partition coefficient (Wildman–Crippen LogP) is 3.76. The number of amides is 1. The van der Waals surface area contributed by atoms with Crippen LogP contribution in [0.4, 0.5) is 11.4 Å². The summed E-state index contributed by atoms with van der Waals surface area (Å²) in [5, 5.41) is 13.4. The minimum absolute atomic E-state index is 0.0527. The lowest BCUT2D eigenvalue weighted by atomic mass is 10.1. The van der Waals surface area contributed by atoms with Crippen LogP contribution in [0.25, 0.3) is 0 Å². The first-order valence-electron chi connectivity index (χ1n) is 8.46. The van der Waals surface area contributed by atoms with Gasteiger partial charge in [-0.05, 0) is 31.0 Å². The summed E-state index contributed by atoms with van der Waals surface area (Å²) in [4.78, 5) is 34.4. The highest BCUT2D eigenvalue weighted by Crippen LogP contribution is 2.27. The number of ether oxygens (including phenoxy) is 2. The molecule has 0 bridgehead atoms. The van der Waals surface area contributed by atoms with E-state index in [4.69, 9.17) is 21.1 Å². The van der Waals surface area contributed by atoms with Crippen LogP contribution in [-0.4, -0.2) is 29.5 Å². The summed E-state index contributed by atoms with van der Waals surface area (Å²) in [5.41, 5.74) is 0.769. The number of para-hydroxylation sites is 1. The van der Waals surface area contributed by atoms with E-state index in [1.54, 1.807) is 12.1 Å². The maximum absolute atomic E-state index is 12.2. The number of nitrogens with zero attached hydrogens (tertiary/aromatic N) is 1. The minimum atomic E-state index is -1.15. The molecule has 0 fully saturated rings. The minimum Gasteiger partial charge on any atom is -0.482 e. The monoisotopic (exact) mass is 406 g/mol. The van der Waals surface area contributed by atoms with Gasteiger partial charge >= 0.3 is 5.97 Å². The van der Waals surface area contributed by atoms with Gasteiger partial charge in [0.1, 0.15) is 5.75 Å². The molecule has 0 saturated carbocycles. The SMILES string of the molecule is CCc1ccccc1OCC(=O)OC(C)C(=O)Nc1cc([N+](=O)[O-])ccc1Cl. The fourth-order valence-corrected chi connectivity index (χ4v) is 2.48. The molecule has 0 heterocycles. The number of halogens is 1. The van der Waals surface area contributed by atoms with Gasteiger partial charge in [0.25, 0.3) is 11.6 Å². The number of rotatable bonds is 8. The quantitative estimate of drug-likeness (QED) is 0.406. The molecule has 9 heteroatoms. The second kappa shape index (κ2) is 9.70. The fourth-order valence-electron chi connectivity index (χ4n) is 2.32. The Hall–Kier alpha value is -3.13. The Morgan fingerprint density at radius 3 is 2.64 bits per heavy atom. The molecule has 1 amide bonds. The Morgan fingerprint density at radius 1 is 1.25 bits per heavy atom. The first-order valence-corrected chi connectivity index (χ1v) is 8.84. The Balaban J connectivity index is 1.92. The number of aryl methyl sites for hydroxylation is 1. The second-order valence-corrected chi connectivity index (χ2v) is 6.20. The van der Waals surface area contributed by atoms with Crippen molar-refractivity contribution in [3.63, 3.8) is 0 Å². The van der Waals surface area contributed by atoms with E-state index in [9.17, 15) is 19.7 Å². The van der Waals surface area contributed by atoms with E-state index in [2.05, 4.69) is 5.32 Å². The average molecular weight is 407 g/mol. The summed E-state index contributed by atoms with van der Waals surface area (Å²) in [6, 6.07) is 10.9. The van der Waals surface area contributed by atoms with Crippen molar-refractivity contribution in [1.82, 2.24) is 0 Å². The van der Waals surface area contributed by atoms with E-state index in [1.807, 2.05) is 19.1 Å². The molecule has 28 heavy (non-hydrogen) atoms. The number of carbonyl (C=O) groups is 2. The van der Waals surface area contributed by atoms with Crippen LogP contribution >= 0.6 is 11.6 Å². The summed E-state index contributed by atoms with van der Waals surface area (Å²) in [5.74, 6) is -0.828. The van der Waals surface area contributed by atoms with Crippen LogP contribution in [0.5, 0.6) is 5.75 Å². The van der Waals surface area contributed by atoms with E-state index in [1.165, 1.54) is 19.1 Å². The Kier molecular flexibility index (Phi) is 7.34. The maximum atomic E-state index is 12.2. The molecule has 0 aromatic heterocycles. The fraction of sp³-hybridized carbons (Fsp3) is 0.263. The summed E-state index contributed by atoms with van der Waals surface area (Å²) in [7, 11) is 0. The zero-order chi connectivity index (χ0) is 20.7. The van der Waals surface area contributed by atoms with Crippen LogP contribution in [-0.2, 0) is 20.7 Å². The molecule has 1 unspecified atom stereocenters. The van der Waals surface area contributed by atoms with Gasteiger partial charge in [0.05, 0.1) is 15.6 Å².